The Balaban J connectivity index is 1.49. The van der Waals surface area contributed by atoms with E-state index in [9.17, 15) is 4.39 Å². The first-order valence-electron chi connectivity index (χ1n) is 12.6. The number of hydrogen-bond acceptors (Lipinski definition) is 5. The molecule has 1 N–H and O–H groups in total. The molecule has 0 bridgehead atoms. The molecule has 190 valence electrons. The predicted octanol–water partition coefficient (Wildman–Crippen LogP) is 7.88. The first-order valence-corrected chi connectivity index (χ1v) is 13.3. The average Bonchev–Trinajstić information content (AvgIpc) is 3.30. The first kappa shape index (κ1) is 23.5. The molecule has 5 aromatic rings. The lowest BCUT2D eigenvalue weighted by molar-refractivity contribution is 0.626. The Morgan fingerprint density at radius 3 is 2.31 bits per heavy atom. The van der Waals surface area contributed by atoms with Gasteiger partial charge in [-0.2, -0.15) is 5.10 Å². The van der Waals surface area contributed by atoms with E-state index in [4.69, 9.17) is 15.1 Å². The number of halogens is 2. The lowest BCUT2D eigenvalue weighted by Crippen LogP contribution is -2.46. The third-order valence-corrected chi connectivity index (χ3v) is 7.46. The van der Waals surface area contributed by atoms with Crippen molar-refractivity contribution in [2.45, 2.75) is 13.0 Å². The van der Waals surface area contributed by atoms with Crippen LogP contribution in [0.3, 0.4) is 0 Å². The van der Waals surface area contributed by atoms with Crippen LogP contribution in [0.5, 0.6) is 0 Å². The number of fused-ring (bicyclic) bond motifs is 4. The summed E-state index contributed by atoms with van der Waals surface area (Å²) < 4.78 is 16.9. The van der Waals surface area contributed by atoms with Crippen LogP contribution >= 0.6 is 15.9 Å². The van der Waals surface area contributed by atoms with Gasteiger partial charge in [-0.3, -0.25) is 0 Å². The third-order valence-electron chi connectivity index (χ3n) is 6.93. The van der Waals surface area contributed by atoms with Crippen LogP contribution in [0.1, 0.15) is 22.9 Å². The Hall–Kier alpha value is -4.56. The fourth-order valence-corrected chi connectivity index (χ4v) is 5.44. The highest BCUT2D eigenvalue weighted by Gasteiger charge is 2.41. The van der Waals surface area contributed by atoms with Crippen LogP contribution in [-0.4, -0.2) is 21.5 Å². The standard InChI is InChI=1S/C31H22BrFN6/c1-19-27-28(20-11-15-22(33)16-12-20)38-26-10-6-5-9-25(26)35-29(34-23-17-13-21(32)14-18-23)31(38)36-30(27)39(37-19)24-7-3-2-4-8-24/h2-18,28H,1H3,(H,34,35)/t28-/m0/s1. The van der Waals surface area contributed by atoms with Gasteiger partial charge in [0, 0.05) is 15.7 Å². The van der Waals surface area contributed by atoms with Crippen LogP contribution in [0.25, 0.3) is 5.69 Å². The largest absolute Gasteiger partial charge is 0.337 e. The quantitative estimate of drug-likeness (QED) is 0.237. The van der Waals surface area contributed by atoms with Crippen molar-refractivity contribution in [1.29, 1.82) is 0 Å². The number of aromatic nitrogens is 2. The van der Waals surface area contributed by atoms with Crippen molar-refractivity contribution in [3.8, 4) is 5.69 Å². The van der Waals surface area contributed by atoms with Gasteiger partial charge in [0.25, 0.3) is 0 Å². The van der Waals surface area contributed by atoms with Gasteiger partial charge < -0.3 is 10.2 Å². The number of aliphatic imine (C=N–C) groups is 2. The molecule has 8 heteroatoms. The topological polar surface area (TPSA) is 57.8 Å². The van der Waals surface area contributed by atoms with Gasteiger partial charge in [-0.15, -0.1) is 0 Å². The molecule has 0 radical (unpaired) electrons. The average molecular weight is 577 g/mol. The van der Waals surface area contributed by atoms with Gasteiger partial charge in [0.15, 0.2) is 17.5 Å². The van der Waals surface area contributed by atoms with Crippen molar-refractivity contribution in [1.82, 2.24) is 9.78 Å². The Morgan fingerprint density at radius 2 is 1.54 bits per heavy atom. The molecule has 0 spiro atoms. The van der Waals surface area contributed by atoms with Gasteiger partial charge >= 0.3 is 0 Å². The lowest BCUT2D eigenvalue weighted by Gasteiger charge is -2.40. The normalized spacial score (nSPS) is 15.6. The molecule has 0 amide bonds. The second-order valence-electron chi connectivity index (χ2n) is 9.41. The zero-order valence-corrected chi connectivity index (χ0v) is 22.5. The summed E-state index contributed by atoms with van der Waals surface area (Å²) in [5.74, 6) is 1.73. The number of aryl methyl sites for hydroxylation is 1. The lowest BCUT2D eigenvalue weighted by atomic mass is 9.93. The third kappa shape index (κ3) is 4.04. The first-order chi connectivity index (χ1) is 19.1. The van der Waals surface area contributed by atoms with Crippen LogP contribution in [0, 0.1) is 12.7 Å². The maximum Gasteiger partial charge on any atom is 0.179 e. The number of nitrogens with one attached hydrogen (secondary N) is 1. The van der Waals surface area contributed by atoms with E-state index >= 15 is 0 Å². The summed E-state index contributed by atoms with van der Waals surface area (Å²) in [5.41, 5.74) is 6.29. The molecule has 1 atom stereocenters. The highest BCUT2D eigenvalue weighted by molar-refractivity contribution is 9.10. The van der Waals surface area contributed by atoms with E-state index in [1.165, 1.54) is 12.1 Å². The van der Waals surface area contributed by atoms with E-state index in [1.54, 1.807) is 0 Å². The molecule has 0 unspecified atom stereocenters. The highest BCUT2D eigenvalue weighted by atomic mass is 79.9. The Kier molecular flexibility index (Phi) is 5.63. The van der Waals surface area contributed by atoms with E-state index in [0.717, 1.165) is 49.9 Å². The van der Waals surface area contributed by atoms with Crippen molar-refractivity contribution >= 4 is 50.5 Å². The smallest absolute Gasteiger partial charge is 0.179 e. The molecule has 0 fully saturated rings. The molecule has 6 nitrogen and oxygen atoms in total. The Labute approximate surface area is 233 Å². The van der Waals surface area contributed by atoms with Gasteiger partial charge in [0.05, 0.1) is 28.8 Å². The second kappa shape index (κ2) is 9.32. The molecule has 0 saturated carbocycles. The van der Waals surface area contributed by atoms with E-state index < -0.39 is 0 Å². The molecule has 1 aromatic heterocycles. The minimum absolute atomic E-state index is 0.279. The van der Waals surface area contributed by atoms with Crippen LogP contribution in [0.15, 0.2) is 118 Å². The van der Waals surface area contributed by atoms with Crippen molar-refractivity contribution in [3.05, 3.63) is 130 Å². The number of nitrogens with zero attached hydrogens (tertiary/aromatic N) is 5. The van der Waals surface area contributed by atoms with E-state index in [1.807, 2.05) is 103 Å². The summed E-state index contributed by atoms with van der Waals surface area (Å²) in [4.78, 5) is 12.4. The van der Waals surface area contributed by atoms with Crippen LogP contribution in [0.4, 0.5) is 27.3 Å². The maximum atomic E-state index is 14.1. The number of anilines is 2. The Bertz CT molecular complexity index is 1760. The minimum atomic E-state index is -0.302. The maximum absolute atomic E-state index is 14.1. The monoisotopic (exact) mass is 576 g/mol. The summed E-state index contributed by atoms with van der Waals surface area (Å²) in [6.07, 6.45) is 0. The number of hydrogen-bond donors (Lipinski definition) is 1. The molecule has 0 aliphatic carbocycles. The van der Waals surface area contributed by atoms with Crippen LogP contribution < -0.4 is 10.2 Å². The van der Waals surface area contributed by atoms with E-state index in [-0.39, 0.29) is 11.9 Å². The zero-order chi connectivity index (χ0) is 26.5. The van der Waals surface area contributed by atoms with Gasteiger partial charge in [-0.25, -0.2) is 19.1 Å². The molecule has 3 heterocycles. The number of amidine groups is 2. The van der Waals surface area contributed by atoms with Crippen LogP contribution in [0.2, 0.25) is 0 Å². The summed E-state index contributed by atoms with van der Waals surface area (Å²) in [7, 11) is 0. The van der Waals surface area contributed by atoms with Gasteiger partial charge in [0.2, 0.25) is 0 Å². The fourth-order valence-electron chi connectivity index (χ4n) is 5.18. The molecule has 2 aliphatic heterocycles. The molecular formula is C31H22BrFN6. The summed E-state index contributed by atoms with van der Waals surface area (Å²) in [5, 5.41) is 8.42. The summed E-state index contributed by atoms with van der Waals surface area (Å²) in [6, 6.07) is 32.3. The van der Waals surface area contributed by atoms with E-state index in [2.05, 4.69) is 26.1 Å². The molecule has 2 aliphatic rings. The van der Waals surface area contributed by atoms with Crippen molar-refractivity contribution in [2.24, 2.45) is 9.98 Å². The van der Waals surface area contributed by atoms with Crippen LogP contribution in [-0.2, 0) is 0 Å². The predicted molar refractivity (Wildman–Crippen MR) is 157 cm³/mol. The van der Waals surface area contributed by atoms with Crippen molar-refractivity contribution in [3.63, 3.8) is 0 Å². The van der Waals surface area contributed by atoms with Crippen molar-refractivity contribution in [2.75, 3.05) is 10.2 Å². The minimum Gasteiger partial charge on any atom is -0.337 e. The van der Waals surface area contributed by atoms with Gasteiger partial charge in [-0.1, -0.05) is 58.4 Å². The number of para-hydroxylation sites is 3. The molecular weight excluding hydrogens is 555 g/mol. The molecule has 39 heavy (non-hydrogen) atoms. The van der Waals surface area contributed by atoms with Crippen molar-refractivity contribution < 1.29 is 4.39 Å². The molecule has 4 aromatic carbocycles. The van der Waals surface area contributed by atoms with E-state index in [0.29, 0.717) is 11.7 Å². The zero-order valence-electron chi connectivity index (χ0n) is 20.9. The number of rotatable bonds is 3. The fraction of sp³-hybridized carbons (Fsp3) is 0.0645. The molecule has 7 rings (SSSR count). The van der Waals surface area contributed by atoms with Gasteiger partial charge in [0.1, 0.15) is 5.82 Å². The SMILES string of the molecule is Cc1nn(-c2ccccc2)c2c1[C@H](c1ccc(F)cc1)N1C(=N2)C(Nc2ccc(Br)cc2)=Nc2ccccc21. The highest BCUT2D eigenvalue weighted by Crippen LogP contribution is 2.48. The second-order valence-corrected chi connectivity index (χ2v) is 10.3. The summed E-state index contributed by atoms with van der Waals surface area (Å²) >= 11 is 3.51. The number of benzene rings is 4. The molecule has 0 saturated heterocycles. The summed E-state index contributed by atoms with van der Waals surface area (Å²) in [6.45, 7) is 2.00. The Morgan fingerprint density at radius 1 is 0.821 bits per heavy atom. The van der Waals surface area contributed by atoms with Gasteiger partial charge in [-0.05, 0) is 73.2 Å².